The van der Waals surface area contributed by atoms with Gasteiger partial charge in [0.2, 0.25) is 0 Å². The quantitative estimate of drug-likeness (QED) is 0.347. The Labute approximate surface area is 120 Å². The zero-order valence-corrected chi connectivity index (χ0v) is 11.6. The van der Waals surface area contributed by atoms with Gasteiger partial charge in [0.1, 0.15) is 0 Å². The molecule has 20 heavy (non-hydrogen) atoms. The number of aliphatic hydroxyl groups excluding tert-OH is 1. The summed E-state index contributed by atoms with van der Waals surface area (Å²) >= 11 is 1.35. The van der Waals surface area contributed by atoms with Crippen LogP contribution in [0.2, 0.25) is 0 Å². The third kappa shape index (κ3) is 3.17. The lowest BCUT2D eigenvalue weighted by Crippen LogP contribution is -2.12. The minimum Gasteiger partial charge on any atom is -0.390 e. The van der Waals surface area contributed by atoms with Gasteiger partial charge in [-0.1, -0.05) is 30.0 Å². The molecule has 0 aliphatic carbocycles. The Morgan fingerprint density at radius 1 is 1.55 bits per heavy atom. The van der Waals surface area contributed by atoms with Gasteiger partial charge in [-0.15, -0.1) is 0 Å². The summed E-state index contributed by atoms with van der Waals surface area (Å²) < 4.78 is 0. The Morgan fingerprint density at radius 3 is 3.00 bits per heavy atom. The van der Waals surface area contributed by atoms with Crippen molar-refractivity contribution in [1.82, 2.24) is 15.5 Å². The highest BCUT2D eigenvalue weighted by Gasteiger charge is 2.09. The van der Waals surface area contributed by atoms with E-state index in [0.717, 1.165) is 5.56 Å². The summed E-state index contributed by atoms with van der Waals surface area (Å²) in [7, 11) is 0. The second-order valence-corrected chi connectivity index (χ2v) is 4.61. The lowest BCUT2D eigenvalue weighted by atomic mass is 10.1. The predicted octanol–water partition coefficient (Wildman–Crippen LogP) is 1.99. The largest absolute Gasteiger partial charge is 0.390 e. The van der Waals surface area contributed by atoms with E-state index in [1.807, 2.05) is 36.7 Å². The monoisotopic (exact) mass is 287 g/mol. The number of aliphatic imine (C=N–C) groups is 1. The third-order valence-corrected chi connectivity index (χ3v) is 3.14. The van der Waals surface area contributed by atoms with Gasteiger partial charge in [0.05, 0.1) is 23.7 Å². The van der Waals surface area contributed by atoms with Crippen molar-refractivity contribution in [2.45, 2.75) is 6.61 Å². The van der Waals surface area contributed by atoms with Crippen LogP contribution >= 0.6 is 11.8 Å². The van der Waals surface area contributed by atoms with E-state index in [4.69, 9.17) is 10.4 Å². The molecule has 0 radical (unpaired) electrons. The van der Waals surface area contributed by atoms with Crippen molar-refractivity contribution >= 4 is 22.6 Å². The number of nitrogens with zero attached hydrogens (tertiary/aromatic N) is 3. The lowest BCUT2D eigenvalue weighted by Gasteiger charge is -2.04. The molecule has 3 N–H and O–H groups in total. The van der Waals surface area contributed by atoms with Gasteiger partial charge in [0, 0.05) is 5.56 Å². The van der Waals surface area contributed by atoms with Crippen LogP contribution in [0.15, 0.2) is 35.3 Å². The average Bonchev–Trinajstić information content (AvgIpc) is 2.96. The van der Waals surface area contributed by atoms with Crippen LogP contribution < -0.4 is 5.32 Å². The number of H-pyrrole nitrogens is 1. The molecule has 0 atom stereocenters. The molecule has 102 valence electrons. The molecular formula is C13H13N5OS. The number of amidine groups is 1. The van der Waals surface area contributed by atoms with Crippen LogP contribution in [-0.2, 0) is 6.61 Å². The zero-order valence-electron chi connectivity index (χ0n) is 10.8. The van der Waals surface area contributed by atoms with Gasteiger partial charge in [0.15, 0.2) is 11.4 Å². The van der Waals surface area contributed by atoms with Crippen molar-refractivity contribution in [3.63, 3.8) is 0 Å². The maximum Gasteiger partial charge on any atom is 0.183 e. The van der Waals surface area contributed by atoms with Gasteiger partial charge >= 0.3 is 0 Å². The number of aromatic nitrogens is 2. The van der Waals surface area contributed by atoms with E-state index in [2.05, 4.69) is 20.5 Å². The Balaban J connectivity index is 2.43. The van der Waals surface area contributed by atoms with E-state index >= 15 is 0 Å². The first kappa shape index (κ1) is 14.1. The highest BCUT2D eigenvalue weighted by atomic mass is 32.2. The fraction of sp³-hybridized carbons (Fsp3) is 0.154. The summed E-state index contributed by atoms with van der Waals surface area (Å²) in [5.41, 5.74) is 2.87. The fourth-order valence-electron chi connectivity index (χ4n) is 1.65. The Hall–Kier alpha value is -2.30. The number of nitriles is 1. The molecule has 2 aromatic rings. The smallest absolute Gasteiger partial charge is 0.183 e. The Kier molecular flexibility index (Phi) is 4.76. The maximum atomic E-state index is 9.07. The van der Waals surface area contributed by atoms with Gasteiger partial charge < -0.3 is 5.11 Å². The highest BCUT2D eigenvalue weighted by Crippen LogP contribution is 2.29. The normalized spacial score (nSPS) is 11.2. The number of thioether (sulfide) groups is 1. The molecule has 0 unspecified atom stereocenters. The third-order valence-electron chi connectivity index (χ3n) is 2.56. The number of hydrogen-bond acceptors (Lipinski definition) is 5. The van der Waals surface area contributed by atoms with Crippen molar-refractivity contribution in [2.24, 2.45) is 4.99 Å². The summed E-state index contributed by atoms with van der Waals surface area (Å²) in [6.07, 6.45) is 3.69. The second-order valence-electron chi connectivity index (χ2n) is 3.81. The van der Waals surface area contributed by atoms with E-state index < -0.39 is 0 Å². The predicted molar refractivity (Wildman–Crippen MR) is 79.3 cm³/mol. The molecule has 0 bridgehead atoms. The summed E-state index contributed by atoms with van der Waals surface area (Å²) in [6, 6.07) is 9.26. The molecule has 1 aromatic heterocycles. The van der Waals surface area contributed by atoms with Crippen LogP contribution in [-0.4, -0.2) is 26.7 Å². The highest BCUT2D eigenvalue weighted by molar-refractivity contribution is 8.13. The minimum atomic E-state index is -0.0928. The summed E-state index contributed by atoms with van der Waals surface area (Å²) in [4.78, 5) is 4.41. The van der Waals surface area contributed by atoms with E-state index in [1.54, 1.807) is 6.07 Å². The number of benzene rings is 1. The lowest BCUT2D eigenvalue weighted by molar-refractivity contribution is 0.276. The summed E-state index contributed by atoms with van der Waals surface area (Å²) in [5.74, 6) is 0. The number of aromatic amines is 1. The fourth-order valence-corrected chi connectivity index (χ4v) is 1.99. The molecule has 6 nitrogen and oxygen atoms in total. The molecule has 0 aliphatic heterocycles. The molecular weight excluding hydrogens is 274 g/mol. The molecule has 2 rings (SSSR count). The molecule has 7 heteroatoms. The van der Waals surface area contributed by atoms with E-state index in [9.17, 15) is 0 Å². The van der Waals surface area contributed by atoms with E-state index in [0.29, 0.717) is 22.2 Å². The molecule has 0 fully saturated rings. The number of para-hydroxylation sites is 1. The Bertz CT molecular complexity index is 659. The molecule has 0 saturated heterocycles. The summed E-state index contributed by atoms with van der Waals surface area (Å²) in [6.45, 7) is -0.0928. The van der Waals surface area contributed by atoms with Crippen molar-refractivity contribution in [1.29, 1.82) is 5.26 Å². The van der Waals surface area contributed by atoms with Crippen LogP contribution in [0.5, 0.6) is 0 Å². The molecule has 0 saturated carbocycles. The number of hydrogen-bond donors (Lipinski definition) is 3. The van der Waals surface area contributed by atoms with Gasteiger partial charge in [-0.05, 0) is 18.4 Å². The van der Waals surface area contributed by atoms with Crippen LogP contribution in [0, 0.1) is 11.5 Å². The van der Waals surface area contributed by atoms with Crippen molar-refractivity contribution < 1.29 is 5.11 Å². The van der Waals surface area contributed by atoms with E-state index in [1.165, 1.54) is 11.8 Å². The van der Waals surface area contributed by atoms with Crippen molar-refractivity contribution in [3.05, 3.63) is 36.0 Å². The molecule has 0 spiro atoms. The first-order chi connectivity index (χ1) is 9.78. The number of aliphatic hydroxyl groups is 1. The number of nitrogens with one attached hydrogen (secondary N) is 2. The van der Waals surface area contributed by atoms with Crippen molar-refractivity contribution in [3.8, 4) is 17.5 Å². The molecule has 1 aromatic carbocycles. The van der Waals surface area contributed by atoms with Crippen molar-refractivity contribution in [2.75, 3.05) is 6.26 Å². The SMILES string of the molecule is CSC(=Nc1ccccc1-c1cc(CO)[nH]n1)NC#N. The second kappa shape index (κ2) is 6.75. The molecule has 0 amide bonds. The molecule has 1 heterocycles. The van der Waals surface area contributed by atoms with Gasteiger partial charge in [0.25, 0.3) is 0 Å². The standard InChI is InChI=1S/C13H13N5OS/c1-20-13(15-8-14)16-11-5-3-2-4-10(11)12-6-9(7-19)17-18-12/h2-6,19H,7H2,1H3,(H,15,16)(H,17,18). The zero-order chi connectivity index (χ0) is 14.4. The van der Waals surface area contributed by atoms with Crippen LogP contribution in [0.4, 0.5) is 5.69 Å². The van der Waals surface area contributed by atoms with Crippen LogP contribution in [0.25, 0.3) is 11.3 Å². The molecule has 0 aliphatic rings. The topological polar surface area (TPSA) is 97.1 Å². The first-order valence-corrected chi connectivity index (χ1v) is 7.03. The van der Waals surface area contributed by atoms with Crippen LogP contribution in [0.3, 0.4) is 0 Å². The van der Waals surface area contributed by atoms with E-state index in [-0.39, 0.29) is 6.61 Å². The minimum absolute atomic E-state index is 0.0928. The van der Waals surface area contributed by atoms with Crippen LogP contribution in [0.1, 0.15) is 5.69 Å². The first-order valence-electron chi connectivity index (χ1n) is 5.80. The Morgan fingerprint density at radius 2 is 2.35 bits per heavy atom. The summed E-state index contributed by atoms with van der Waals surface area (Å²) in [5, 5.41) is 27.7. The maximum absolute atomic E-state index is 9.07. The average molecular weight is 287 g/mol. The van der Waals surface area contributed by atoms with Gasteiger partial charge in [-0.2, -0.15) is 10.4 Å². The number of rotatable bonds is 3. The van der Waals surface area contributed by atoms with Gasteiger partial charge in [-0.3, -0.25) is 10.4 Å². The van der Waals surface area contributed by atoms with Gasteiger partial charge in [-0.25, -0.2) is 4.99 Å².